The van der Waals surface area contributed by atoms with Crippen molar-refractivity contribution in [1.29, 1.82) is 0 Å². The van der Waals surface area contributed by atoms with Gasteiger partial charge in [-0.3, -0.25) is 9.59 Å². The van der Waals surface area contributed by atoms with Crippen LogP contribution in [0, 0.1) is 6.92 Å². The highest BCUT2D eigenvalue weighted by molar-refractivity contribution is 5.88. The van der Waals surface area contributed by atoms with E-state index < -0.39 is 6.04 Å². The SMILES string of the molecule is CCCC(=O)N(Cc1cccc(C)c1)[C@H](Cc1ccccc1)C(=O)NCC. The van der Waals surface area contributed by atoms with Crippen molar-refractivity contribution in [3.8, 4) is 0 Å². The Hall–Kier alpha value is -2.62. The third-order valence-corrected chi connectivity index (χ3v) is 4.52. The molecule has 0 radical (unpaired) electrons. The molecule has 4 nitrogen and oxygen atoms in total. The zero-order valence-electron chi connectivity index (χ0n) is 16.6. The maximum Gasteiger partial charge on any atom is 0.243 e. The van der Waals surface area contributed by atoms with Gasteiger partial charge in [-0.2, -0.15) is 0 Å². The third-order valence-electron chi connectivity index (χ3n) is 4.52. The van der Waals surface area contributed by atoms with Crippen LogP contribution >= 0.6 is 0 Å². The topological polar surface area (TPSA) is 49.4 Å². The van der Waals surface area contributed by atoms with Crippen molar-refractivity contribution in [3.05, 3.63) is 71.3 Å². The van der Waals surface area contributed by atoms with E-state index in [1.165, 1.54) is 0 Å². The number of amides is 2. The molecule has 1 atom stereocenters. The fourth-order valence-corrected chi connectivity index (χ4v) is 3.21. The molecule has 2 rings (SSSR count). The number of carbonyl (C=O) groups is 2. The van der Waals surface area contributed by atoms with E-state index in [9.17, 15) is 9.59 Å². The standard InChI is InChI=1S/C23H30N2O2/c1-4-10-22(26)25(17-20-14-9-11-18(3)15-20)21(23(27)24-5-2)16-19-12-7-6-8-13-19/h6-9,11-15,21H,4-5,10,16-17H2,1-3H3,(H,24,27)/t21-/m1/s1. The van der Waals surface area contributed by atoms with Crippen LogP contribution in [0.2, 0.25) is 0 Å². The molecule has 0 aliphatic heterocycles. The number of nitrogens with zero attached hydrogens (tertiary/aromatic N) is 1. The molecular formula is C23H30N2O2. The van der Waals surface area contributed by atoms with Gasteiger partial charge in [0.25, 0.3) is 0 Å². The van der Waals surface area contributed by atoms with E-state index in [-0.39, 0.29) is 11.8 Å². The van der Waals surface area contributed by atoms with Gasteiger partial charge < -0.3 is 10.2 Å². The van der Waals surface area contributed by atoms with Crippen LogP contribution < -0.4 is 5.32 Å². The molecule has 27 heavy (non-hydrogen) atoms. The van der Waals surface area contributed by atoms with E-state index in [4.69, 9.17) is 0 Å². The molecule has 0 bridgehead atoms. The average Bonchev–Trinajstić information content (AvgIpc) is 2.66. The van der Waals surface area contributed by atoms with Crippen molar-refractivity contribution in [1.82, 2.24) is 10.2 Å². The quantitative estimate of drug-likeness (QED) is 0.732. The van der Waals surface area contributed by atoms with Gasteiger partial charge in [-0.1, -0.05) is 67.1 Å². The Morgan fingerprint density at radius 3 is 2.33 bits per heavy atom. The summed E-state index contributed by atoms with van der Waals surface area (Å²) in [6, 6.07) is 17.5. The fraction of sp³-hybridized carbons (Fsp3) is 0.391. The van der Waals surface area contributed by atoms with Crippen LogP contribution in [0.3, 0.4) is 0 Å². The number of carbonyl (C=O) groups excluding carboxylic acids is 2. The van der Waals surface area contributed by atoms with E-state index in [1.54, 1.807) is 4.90 Å². The molecule has 0 aliphatic carbocycles. The lowest BCUT2D eigenvalue weighted by atomic mass is 10.0. The van der Waals surface area contributed by atoms with Crippen LogP contribution in [0.15, 0.2) is 54.6 Å². The number of benzene rings is 2. The third kappa shape index (κ3) is 6.24. The molecule has 4 heteroatoms. The van der Waals surface area contributed by atoms with Crippen molar-refractivity contribution < 1.29 is 9.59 Å². The Bertz CT molecular complexity index is 743. The molecule has 0 spiro atoms. The second-order valence-electron chi connectivity index (χ2n) is 6.86. The van der Waals surface area contributed by atoms with Gasteiger partial charge in [-0.05, 0) is 31.4 Å². The summed E-state index contributed by atoms with van der Waals surface area (Å²) in [5.41, 5.74) is 3.24. The number of aryl methyl sites for hydroxylation is 1. The monoisotopic (exact) mass is 366 g/mol. The van der Waals surface area contributed by atoms with E-state index >= 15 is 0 Å². The normalized spacial score (nSPS) is 11.7. The maximum absolute atomic E-state index is 12.9. The summed E-state index contributed by atoms with van der Waals surface area (Å²) < 4.78 is 0. The summed E-state index contributed by atoms with van der Waals surface area (Å²) >= 11 is 0. The molecule has 0 heterocycles. The molecular weight excluding hydrogens is 336 g/mol. The van der Waals surface area contributed by atoms with Gasteiger partial charge in [0.05, 0.1) is 0 Å². The van der Waals surface area contributed by atoms with Crippen molar-refractivity contribution in [2.75, 3.05) is 6.54 Å². The first-order valence-corrected chi connectivity index (χ1v) is 9.71. The number of hydrogen-bond donors (Lipinski definition) is 1. The number of likely N-dealkylation sites (N-methyl/N-ethyl adjacent to an activating group) is 1. The summed E-state index contributed by atoms with van der Waals surface area (Å²) in [6.07, 6.45) is 1.71. The minimum Gasteiger partial charge on any atom is -0.355 e. The largest absolute Gasteiger partial charge is 0.355 e. The van der Waals surface area contributed by atoms with Gasteiger partial charge >= 0.3 is 0 Å². The lowest BCUT2D eigenvalue weighted by molar-refractivity contribution is -0.141. The van der Waals surface area contributed by atoms with Crippen LogP contribution in [0.25, 0.3) is 0 Å². The van der Waals surface area contributed by atoms with E-state index in [1.807, 2.05) is 69.3 Å². The Morgan fingerprint density at radius 2 is 1.70 bits per heavy atom. The molecule has 0 aromatic heterocycles. The molecule has 2 amide bonds. The molecule has 144 valence electrons. The van der Waals surface area contributed by atoms with E-state index in [0.717, 1.165) is 23.1 Å². The van der Waals surface area contributed by atoms with Crippen LogP contribution in [-0.2, 0) is 22.6 Å². The molecule has 2 aromatic rings. The highest BCUT2D eigenvalue weighted by Gasteiger charge is 2.29. The van der Waals surface area contributed by atoms with Crippen LogP contribution in [0.1, 0.15) is 43.4 Å². The van der Waals surface area contributed by atoms with Gasteiger partial charge in [0.15, 0.2) is 0 Å². The van der Waals surface area contributed by atoms with Crippen molar-refractivity contribution in [2.24, 2.45) is 0 Å². The molecule has 0 unspecified atom stereocenters. The lowest BCUT2D eigenvalue weighted by Gasteiger charge is -2.31. The fourth-order valence-electron chi connectivity index (χ4n) is 3.21. The first-order chi connectivity index (χ1) is 13.0. The van der Waals surface area contributed by atoms with Crippen molar-refractivity contribution in [2.45, 2.75) is 52.6 Å². The lowest BCUT2D eigenvalue weighted by Crippen LogP contribution is -2.50. The minimum absolute atomic E-state index is 0.0196. The van der Waals surface area contributed by atoms with Crippen LogP contribution in [0.4, 0.5) is 0 Å². The number of nitrogens with one attached hydrogen (secondary N) is 1. The van der Waals surface area contributed by atoms with Gasteiger partial charge in [-0.25, -0.2) is 0 Å². The number of rotatable bonds is 9. The number of hydrogen-bond acceptors (Lipinski definition) is 2. The Morgan fingerprint density at radius 1 is 1.00 bits per heavy atom. The van der Waals surface area contributed by atoms with Gasteiger partial charge in [0.2, 0.25) is 11.8 Å². The zero-order chi connectivity index (χ0) is 19.6. The first kappa shape index (κ1) is 20.7. The van der Waals surface area contributed by atoms with Crippen LogP contribution in [-0.4, -0.2) is 29.3 Å². The Labute approximate surface area is 162 Å². The highest BCUT2D eigenvalue weighted by atomic mass is 16.2. The van der Waals surface area contributed by atoms with Gasteiger partial charge in [0.1, 0.15) is 6.04 Å². The summed E-state index contributed by atoms with van der Waals surface area (Å²) in [5.74, 6) is -0.0790. The molecule has 2 aromatic carbocycles. The summed E-state index contributed by atoms with van der Waals surface area (Å²) in [5, 5.41) is 2.91. The van der Waals surface area contributed by atoms with Gasteiger partial charge in [-0.15, -0.1) is 0 Å². The average molecular weight is 367 g/mol. The second-order valence-corrected chi connectivity index (χ2v) is 6.86. The second kappa shape index (κ2) is 10.5. The molecule has 0 saturated carbocycles. The smallest absolute Gasteiger partial charge is 0.243 e. The zero-order valence-corrected chi connectivity index (χ0v) is 16.6. The first-order valence-electron chi connectivity index (χ1n) is 9.71. The molecule has 0 fully saturated rings. The van der Waals surface area contributed by atoms with E-state index in [2.05, 4.69) is 11.4 Å². The molecule has 0 aliphatic rings. The van der Waals surface area contributed by atoms with Crippen molar-refractivity contribution in [3.63, 3.8) is 0 Å². The predicted molar refractivity (Wildman–Crippen MR) is 109 cm³/mol. The molecule has 1 N–H and O–H groups in total. The van der Waals surface area contributed by atoms with Gasteiger partial charge in [0, 0.05) is 25.9 Å². The Balaban J connectivity index is 2.34. The summed E-state index contributed by atoms with van der Waals surface area (Å²) in [6.45, 7) is 6.91. The van der Waals surface area contributed by atoms with Crippen molar-refractivity contribution >= 4 is 11.8 Å². The molecule has 0 saturated heterocycles. The predicted octanol–water partition coefficient (Wildman–Crippen LogP) is 3.87. The van der Waals surface area contributed by atoms with Crippen LogP contribution in [0.5, 0.6) is 0 Å². The summed E-state index contributed by atoms with van der Waals surface area (Å²) in [4.78, 5) is 27.5. The van der Waals surface area contributed by atoms with E-state index in [0.29, 0.717) is 25.9 Å². The maximum atomic E-state index is 12.9. The summed E-state index contributed by atoms with van der Waals surface area (Å²) in [7, 11) is 0. The Kier molecular flexibility index (Phi) is 8.05. The minimum atomic E-state index is -0.521. The highest BCUT2D eigenvalue weighted by Crippen LogP contribution is 2.17.